The highest BCUT2D eigenvalue weighted by Gasteiger charge is 2.17. The maximum atomic E-state index is 6.26. The van der Waals surface area contributed by atoms with Crippen molar-refractivity contribution in [2.45, 2.75) is 19.4 Å². The Balaban J connectivity index is 1.88. The lowest BCUT2D eigenvalue weighted by Crippen LogP contribution is -2.28. The zero-order valence-electron chi connectivity index (χ0n) is 10.6. The second-order valence-corrected chi connectivity index (χ2v) is 5.73. The minimum Gasteiger partial charge on any atom is -0.367 e. The number of anilines is 1. The molecular weight excluding hydrogens is 277 g/mol. The van der Waals surface area contributed by atoms with Gasteiger partial charge in [-0.15, -0.1) is 0 Å². The van der Waals surface area contributed by atoms with Crippen LogP contribution in [0.25, 0.3) is 0 Å². The van der Waals surface area contributed by atoms with Crippen LogP contribution in [0.5, 0.6) is 0 Å². The van der Waals surface area contributed by atoms with Crippen LogP contribution in [-0.4, -0.2) is 6.54 Å². The molecule has 0 aromatic heterocycles. The Morgan fingerprint density at radius 1 is 1.05 bits per heavy atom. The molecule has 0 unspecified atom stereocenters. The van der Waals surface area contributed by atoms with E-state index in [9.17, 15) is 0 Å². The van der Waals surface area contributed by atoms with Crippen LogP contribution >= 0.6 is 23.2 Å². The summed E-state index contributed by atoms with van der Waals surface area (Å²) < 4.78 is 0. The van der Waals surface area contributed by atoms with Crippen LogP contribution in [-0.2, 0) is 13.0 Å². The Morgan fingerprint density at radius 3 is 2.74 bits per heavy atom. The molecule has 1 heterocycles. The van der Waals surface area contributed by atoms with Gasteiger partial charge >= 0.3 is 0 Å². The fraction of sp³-hybridized carbons (Fsp3) is 0.250. The van der Waals surface area contributed by atoms with Gasteiger partial charge in [-0.25, -0.2) is 0 Å². The molecule has 0 aliphatic carbocycles. The standard InChI is InChI=1S/C16H15Cl2N/c17-14-8-7-13(15(18)10-14)11-19-9-3-5-12-4-1-2-6-16(12)19/h1-2,4,6-8,10H,3,5,9,11H2. The van der Waals surface area contributed by atoms with Crippen molar-refractivity contribution in [3.8, 4) is 0 Å². The van der Waals surface area contributed by atoms with Gasteiger partial charge in [-0.05, 0) is 42.2 Å². The Hall–Kier alpha value is -1.18. The topological polar surface area (TPSA) is 3.24 Å². The van der Waals surface area contributed by atoms with E-state index in [-0.39, 0.29) is 0 Å². The van der Waals surface area contributed by atoms with Gasteiger partial charge in [0.2, 0.25) is 0 Å². The van der Waals surface area contributed by atoms with Crippen LogP contribution in [0.2, 0.25) is 10.0 Å². The third-order valence-electron chi connectivity index (χ3n) is 3.58. The molecule has 0 saturated heterocycles. The van der Waals surface area contributed by atoms with E-state index in [2.05, 4.69) is 29.2 Å². The summed E-state index contributed by atoms with van der Waals surface area (Å²) in [5, 5.41) is 1.43. The number of fused-ring (bicyclic) bond motifs is 1. The van der Waals surface area contributed by atoms with Gasteiger partial charge in [-0.3, -0.25) is 0 Å². The molecule has 0 bridgehead atoms. The molecule has 3 heteroatoms. The molecule has 1 nitrogen and oxygen atoms in total. The SMILES string of the molecule is Clc1ccc(CN2CCCc3ccccc32)c(Cl)c1. The number of hydrogen-bond donors (Lipinski definition) is 0. The van der Waals surface area contributed by atoms with Crippen LogP contribution in [0, 0.1) is 0 Å². The molecule has 2 aromatic rings. The second-order valence-electron chi connectivity index (χ2n) is 4.89. The summed E-state index contributed by atoms with van der Waals surface area (Å²) in [5.74, 6) is 0. The molecule has 0 amide bonds. The van der Waals surface area contributed by atoms with Crippen molar-refractivity contribution in [2.75, 3.05) is 11.4 Å². The summed E-state index contributed by atoms with van der Waals surface area (Å²) in [4.78, 5) is 2.40. The molecule has 0 radical (unpaired) electrons. The molecule has 1 aliphatic heterocycles. The van der Waals surface area contributed by atoms with Crippen LogP contribution in [0.3, 0.4) is 0 Å². The largest absolute Gasteiger partial charge is 0.367 e. The number of para-hydroxylation sites is 1. The summed E-state index contributed by atoms with van der Waals surface area (Å²) in [6.45, 7) is 1.92. The summed E-state index contributed by atoms with van der Waals surface area (Å²) >= 11 is 12.2. The zero-order valence-corrected chi connectivity index (χ0v) is 12.1. The lowest BCUT2D eigenvalue weighted by molar-refractivity contribution is 0.691. The minimum absolute atomic E-state index is 0.688. The molecular formula is C16H15Cl2N. The average Bonchev–Trinajstić information content (AvgIpc) is 2.42. The fourth-order valence-corrected chi connectivity index (χ4v) is 3.10. The van der Waals surface area contributed by atoms with Crippen molar-refractivity contribution in [3.63, 3.8) is 0 Å². The maximum Gasteiger partial charge on any atom is 0.0470 e. The first-order valence-corrected chi connectivity index (χ1v) is 7.26. The van der Waals surface area contributed by atoms with Crippen LogP contribution in [0.15, 0.2) is 42.5 Å². The van der Waals surface area contributed by atoms with Crippen LogP contribution in [0.4, 0.5) is 5.69 Å². The molecule has 3 rings (SSSR count). The molecule has 0 spiro atoms. The van der Waals surface area contributed by atoms with Gasteiger partial charge in [-0.1, -0.05) is 47.5 Å². The smallest absolute Gasteiger partial charge is 0.0470 e. The lowest BCUT2D eigenvalue weighted by atomic mass is 10.0. The van der Waals surface area contributed by atoms with Crippen molar-refractivity contribution in [2.24, 2.45) is 0 Å². The Morgan fingerprint density at radius 2 is 1.89 bits per heavy atom. The molecule has 0 atom stereocenters. The van der Waals surface area contributed by atoms with Crippen LogP contribution < -0.4 is 4.90 Å². The Kier molecular flexibility index (Phi) is 3.67. The van der Waals surface area contributed by atoms with E-state index in [1.165, 1.54) is 24.1 Å². The third-order valence-corrected chi connectivity index (χ3v) is 4.17. The summed E-state index contributed by atoms with van der Waals surface area (Å²) in [6.07, 6.45) is 2.36. The van der Waals surface area contributed by atoms with Gasteiger partial charge in [0.15, 0.2) is 0 Å². The molecule has 0 fully saturated rings. The minimum atomic E-state index is 0.688. The first kappa shape index (κ1) is 12.8. The monoisotopic (exact) mass is 291 g/mol. The van der Waals surface area contributed by atoms with Gasteiger partial charge in [-0.2, -0.15) is 0 Å². The highest BCUT2D eigenvalue weighted by atomic mass is 35.5. The highest BCUT2D eigenvalue weighted by Crippen LogP contribution is 2.30. The quantitative estimate of drug-likeness (QED) is 0.757. The predicted molar refractivity (Wildman–Crippen MR) is 82.3 cm³/mol. The second kappa shape index (κ2) is 5.44. The number of rotatable bonds is 2. The van der Waals surface area contributed by atoms with Gasteiger partial charge < -0.3 is 4.90 Å². The van der Waals surface area contributed by atoms with Crippen molar-refractivity contribution >= 4 is 28.9 Å². The van der Waals surface area contributed by atoms with Crippen molar-refractivity contribution in [3.05, 3.63) is 63.6 Å². The summed E-state index contributed by atoms with van der Waals surface area (Å²) in [7, 11) is 0. The summed E-state index contributed by atoms with van der Waals surface area (Å²) in [5.41, 5.74) is 3.89. The number of hydrogen-bond acceptors (Lipinski definition) is 1. The number of halogens is 2. The first-order chi connectivity index (χ1) is 9.24. The van der Waals surface area contributed by atoms with E-state index in [0.29, 0.717) is 5.02 Å². The van der Waals surface area contributed by atoms with Crippen molar-refractivity contribution < 1.29 is 0 Å². The maximum absolute atomic E-state index is 6.26. The average molecular weight is 292 g/mol. The Bertz CT molecular complexity index is 595. The van der Waals surface area contributed by atoms with E-state index < -0.39 is 0 Å². The van der Waals surface area contributed by atoms with Crippen molar-refractivity contribution in [1.29, 1.82) is 0 Å². The lowest BCUT2D eigenvalue weighted by Gasteiger charge is -2.31. The molecule has 1 aliphatic rings. The number of nitrogens with zero attached hydrogens (tertiary/aromatic N) is 1. The van der Waals surface area contributed by atoms with E-state index in [0.717, 1.165) is 23.7 Å². The highest BCUT2D eigenvalue weighted by molar-refractivity contribution is 6.35. The van der Waals surface area contributed by atoms with Gasteiger partial charge in [0, 0.05) is 28.8 Å². The van der Waals surface area contributed by atoms with Crippen LogP contribution in [0.1, 0.15) is 17.5 Å². The van der Waals surface area contributed by atoms with Crippen molar-refractivity contribution in [1.82, 2.24) is 0 Å². The van der Waals surface area contributed by atoms with Gasteiger partial charge in [0.25, 0.3) is 0 Å². The fourth-order valence-electron chi connectivity index (χ4n) is 2.63. The van der Waals surface area contributed by atoms with Gasteiger partial charge in [0.1, 0.15) is 0 Å². The number of benzene rings is 2. The van der Waals surface area contributed by atoms with E-state index in [1.807, 2.05) is 18.2 Å². The normalized spacial score (nSPS) is 14.3. The van der Waals surface area contributed by atoms with E-state index in [1.54, 1.807) is 0 Å². The molecule has 0 N–H and O–H groups in total. The van der Waals surface area contributed by atoms with E-state index >= 15 is 0 Å². The third kappa shape index (κ3) is 2.72. The van der Waals surface area contributed by atoms with Gasteiger partial charge in [0.05, 0.1) is 0 Å². The molecule has 2 aromatic carbocycles. The number of aryl methyl sites for hydroxylation is 1. The zero-order chi connectivity index (χ0) is 13.2. The first-order valence-electron chi connectivity index (χ1n) is 6.51. The van der Waals surface area contributed by atoms with E-state index in [4.69, 9.17) is 23.2 Å². The predicted octanol–water partition coefficient (Wildman–Crippen LogP) is 4.95. The molecule has 19 heavy (non-hydrogen) atoms. The summed E-state index contributed by atoms with van der Waals surface area (Å²) in [6, 6.07) is 14.3. The molecule has 0 saturated carbocycles. The molecule has 98 valence electrons. The Labute approximate surface area is 123 Å².